The molecule has 172 valence electrons. The summed E-state index contributed by atoms with van der Waals surface area (Å²) in [5.74, 6) is 1.23. The fraction of sp³-hybridized carbons (Fsp3) is 0.538. The highest BCUT2D eigenvalue weighted by Crippen LogP contribution is 2.36. The Hall–Kier alpha value is -2.40. The van der Waals surface area contributed by atoms with Crippen molar-refractivity contribution in [1.82, 2.24) is 0 Å². The van der Waals surface area contributed by atoms with Crippen LogP contribution in [0.4, 0.5) is 0 Å². The summed E-state index contributed by atoms with van der Waals surface area (Å²) in [6.07, 6.45) is 5.26. The van der Waals surface area contributed by atoms with Gasteiger partial charge in [-0.2, -0.15) is 0 Å². The molecule has 0 amide bonds. The summed E-state index contributed by atoms with van der Waals surface area (Å²) < 4.78 is 17.5. The molecule has 0 aliphatic heterocycles. The molecule has 0 heterocycles. The molecule has 0 spiro atoms. The fourth-order valence-electron chi connectivity index (χ4n) is 4.53. The molecule has 5 heteroatoms. The van der Waals surface area contributed by atoms with Gasteiger partial charge in [0.25, 0.3) is 0 Å². The second kappa shape index (κ2) is 10.8. The van der Waals surface area contributed by atoms with E-state index in [1.54, 1.807) is 26.4 Å². The van der Waals surface area contributed by atoms with Crippen LogP contribution in [0.3, 0.4) is 0 Å². The molecule has 2 rings (SSSR count). The van der Waals surface area contributed by atoms with Crippen molar-refractivity contribution in [3.63, 3.8) is 0 Å². The molecule has 0 aromatic heterocycles. The second-order valence-corrected chi connectivity index (χ2v) is 8.87. The normalized spacial score (nSPS) is 15.2. The van der Waals surface area contributed by atoms with Gasteiger partial charge in [-0.15, -0.1) is 0 Å². The number of phenols is 2. The predicted octanol–water partition coefficient (Wildman–Crippen LogP) is 6.03. The Morgan fingerprint density at radius 2 is 1.10 bits per heavy atom. The monoisotopic (exact) mass is 430 g/mol. The summed E-state index contributed by atoms with van der Waals surface area (Å²) in [4.78, 5) is 0. The predicted molar refractivity (Wildman–Crippen MR) is 124 cm³/mol. The fourth-order valence-corrected chi connectivity index (χ4v) is 4.53. The minimum absolute atomic E-state index is 0.140. The molecule has 0 aliphatic carbocycles. The van der Waals surface area contributed by atoms with Crippen molar-refractivity contribution in [3.05, 3.63) is 47.5 Å². The molecule has 2 unspecified atom stereocenters. The van der Waals surface area contributed by atoms with Gasteiger partial charge in [0.15, 0.2) is 23.0 Å². The molecule has 0 bridgehead atoms. The van der Waals surface area contributed by atoms with Gasteiger partial charge in [0.05, 0.1) is 25.4 Å². The first kappa shape index (κ1) is 24.9. The molecule has 0 saturated heterocycles. The molecule has 0 fully saturated rings. The lowest BCUT2D eigenvalue weighted by molar-refractivity contribution is -0.147. The molecule has 2 atom stereocenters. The lowest BCUT2D eigenvalue weighted by Gasteiger charge is -2.41. The average Bonchev–Trinajstić information content (AvgIpc) is 2.70. The van der Waals surface area contributed by atoms with Crippen molar-refractivity contribution in [2.75, 3.05) is 14.2 Å². The van der Waals surface area contributed by atoms with Crippen molar-refractivity contribution in [3.8, 4) is 23.0 Å². The van der Waals surface area contributed by atoms with E-state index >= 15 is 0 Å². The SMILES string of the molecule is CCCC(C)(Cc1ccc(O)c(OC)c1)OC(C)(CCC)Cc1ccc(O)c(OC)c1. The van der Waals surface area contributed by atoms with Gasteiger partial charge in [-0.3, -0.25) is 0 Å². The van der Waals surface area contributed by atoms with E-state index < -0.39 is 0 Å². The molecule has 2 N–H and O–H groups in total. The van der Waals surface area contributed by atoms with Gasteiger partial charge in [0, 0.05) is 12.8 Å². The molecular weight excluding hydrogens is 392 g/mol. The van der Waals surface area contributed by atoms with Crippen LogP contribution in [0.25, 0.3) is 0 Å². The van der Waals surface area contributed by atoms with E-state index in [0.717, 1.165) is 49.7 Å². The number of methoxy groups -OCH3 is 2. The first-order valence-corrected chi connectivity index (χ1v) is 11.1. The molecule has 0 radical (unpaired) electrons. The van der Waals surface area contributed by atoms with E-state index in [1.807, 2.05) is 24.3 Å². The molecular formula is C26H38O5. The van der Waals surface area contributed by atoms with Crippen LogP contribution in [0.2, 0.25) is 0 Å². The number of aromatic hydroxyl groups is 2. The van der Waals surface area contributed by atoms with Crippen LogP contribution >= 0.6 is 0 Å². The molecule has 2 aromatic carbocycles. The lowest BCUT2D eigenvalue weighted by atomic mass is 9.87. The largest absolute Gasteiger partial charge is 0.504 e. The number of ether oxygens (including phenoxy) is 3. The van der Waals surface area contributed by atoms with Gasteiger partial charge in [-0.25, -0.2) is 0 Å². The summed E-state index contributed by atoms with van der Waals surface area (Å²) in [7, 11) is 3.12. The molecule has 0 saturated carbocycles. The topological polar surface area (TPSA) is 68.2 Å². The number of hydrogen-bond donors (Lipinski definition) is 2. The summed E-state index contributed by atoms with van der Waals surface area (Å²) in [5.41, 5.74) is 1.38. The average molecular weight is 431 g/mol. The van der Waals surface area contributed by atoms with Crippen molar-refractivity contribution in [2.45, 2.75) is 77.4 Å². The van der Waals surface area contributed by atoms with Crippen LogP contribution in [0, 0.1) is 0 Å². The minimum Gasteiger partial charge on any atom is -0.504 e. The Balaban J connectivity index is 2.30. The van der Waals surface area contributed by atoms with Gasteiger partial charge in [-0.1, -0.05) is 38.8 Å². The van der Waals surface area contributed by atoms with E-state index in [9.17, 15) is 10.2 Å². The molecule has 0 aliphatic rings. The quantitative estimate of drug-likeness (QED) is 0.430. The third-order valence-electron chi connectivity index (χ3n) is 5.69. The Morgan fingerprint density at radius 1 is 0.710 bits per heavy atom. The van der Waals surface area contributed by atoms with E-state index in [-0.39, 0.29) is 22.7 Å². The maximum atomic E-state index is 9.94. The molecule has 2 aromatic rings. The first-order valence-electron chi connectivity index (χ1n) is 11.1. The zero-order valence-electron chi connectivity index (χ0n) is 19.8. The Labute approximate surface area is 187 Å². The maximum Gasteiger partial charge on any atom is 0.160 e. The van der Waals surface area contributed by atoms with Gasteiger partial charge in [0.2, 0.25) is 0 Å². The second-order valence-electron chi connectivity index (χ2n) is 8.87. The highest BCUT2D eigenvalue weighted by atomic mass is 16.5. The Bertz CT molecular complexity index is 780. The highest BCUT2D eigenvalue weighted by Gasteiger charge is 2.35. The number of hydrogen-bond acceptors (Lipinski definition) is 5. The third kappa shape index (κ3) is 6.79. The standard InChI is InChI=1S/C26H38O5/c1-7-13-25(3,17-19-9-11-21(27)23(15-19)29-5)31-26(4,14-8-2)18-20-10-12-22(28)24(16-20)30-6/h9-12,15-16,27-28H,7-8,13-14,17-18H2,1-6H3. The van der Waals surface area contributed by atoms with Gasteiger partial charge < -0.3 is 24.4 Å². The van der Waals surface area contributed by atoms with Gasteiger partial charge >= 0.3 is 0 Å². The third-order valence-corrected chi connectivity index (χ3v) is 5.69. The van der Waals surface area contributed by atoms with Crippen LogP contribution in [0.1, 0.15) is 64.5 Å². The van der Waals surface area contributed by atoms with E-state index in [2.05, 4.69) is 27.7 Å². The van der Waals surface area contributed by atoms with Crippen LogP contribution in [0.5, 0.6) is 23.0 Å². The van der Waals surface area contributed by atoms with Crippen molar-refractivity contribution >= 4 is 0 Å². The maximum absolute atomic E-state index is 9.94. The summed E-state index contributed by atoms with van der Waals surface area (Å²) in [6.45, 7) is 8.67. The van der Waals surface area contributed by atoms with Crippen LogP contribution in [-0.2, 0) is 17.6 Å². The van der Waals surface area contributed by atoms with Crippen LogP contribution in [0.15, 0.2) is 36.4 Å². The highest BCUT2D eigenvalue weighted by molar-refractivity contribution is 5.43. The number of phenolic OH excluding ortho intramolecular Hbond substituents is 2. The zero-order valence-corrected chi connectivity index (χ0v) is 19.8. The number of rotatable bonds is 12. The Kier molecular flexibility index (Phi) is 8.63. The number of benzene rings is 2. The zero-order chi connectivity index (χ0) is 23.1. The molecule has 5 nitrogen and oxygen atoms in total. The lowest BCUT2D eigenvalue weighted by Crippen LogP contribution is -2.44. The minimum atomic E-state index is -0.373. The van der Waals surface area contributed by atoms with Gasteiger partial charge in [0.1, 0.15) is 0 Å². The van der Waals surface area contributed by atoms with Crippen LogP contribution in [-0.4, -0.2) is 35.6 Å². The van der Waals surface area contributed by atoms with Crippen LogP contribution < -0.4 is 9.47 Å². The van der Waals surface area contributed by atoms with Crippen molar-refractivity contribution < 1.29 is 24.4 Å². The van der Waals surface area contributed by atoms with E-state index in [4.69, 9.17) is 14.2 Å². The first-order chi connectivity index (χ1) is 14.7. The summed E-state index contributed by atoms with van der Waals surface area (Å²) >= 11 is 0. The van der Waals surface area contributed by atoms with Crippen molar-refractivity contribution in [2.24, 2.45) is 0 Å². The van der Waals surface area contributed by atoms with Gasteiger partial charge in [-0.05, 0) is 62.1 Å². The molecule has 31 heavy (non-hydrogen) atoms. The van der Waals surface area contributed by atoms with E-state index in [1.165, 1.54) is 0 Å². The van der Waals surface area contributed by atoms with E-state index in [0.29, 0.717) is 11.5 Å². The Morgan fingerprint density at radius 3 is 1.42 bits per heavy atom. The summed E-state index contributed by atoms with van der Waals surface area (Å²) in [6, 6.07) is 11.0. The smallest absolute Gasteiger partial charge is 0.160 e. The summed E-state index contributed by atoms with van der Waals surface area (Å²) in [5, 5.41) is 19.9. The van der Waals surface area contributed by atoms with Crippen molar-refractivity contribution in [1.29, 1.82) is 0 Å².